The van der Waals surface area contributed by atoms with Gasteiger partial charge in [0, 0.05) is 12.0 Å². The van der Waals surface area contributed by atoms with E-state index in [1.165, 1.54) is 17.3 Å². The number of halogens is 2. The zero-order chi connectivity index (χ0) is 21.3. The number of aryl methyl sites for hydroxylation is 1. The van der Waals surface area contributed by atoms with Gasteiger partial charge in [-0.1, -0.05) is 36.0 Å². The Hall–Kier alpha value is -2.25. The van der Waals surface area contributed by atoms with E-state index in [2.05, 4.69) is 11.2 Å². The van der Waals surface area contributed by atoms with Crippen LogP contribution >= 0.6 is 11.8 Å². The molecule has 30 heavy (non-hydrogen) atoms. The quantitative estimate of drug-likeness (QED) is 0.689. The molecule has 1 amide bonds. The molecule has 0 N–H and O–H groups in total. The number of amides is 1. The molecular formula is C23H25F2N3OS. The SMILES string of the molecule is CN(C)CCCC(=O)N1N=C(c2cc(F)ccc2F)SC12CCCc1ccccc12. The molecule has 2 aromatic carbocycles. The molecule has 4 rings (SSSR count). The van der Waals surface area contributed by atoms with Gasteiger partial charge in [-0.2, -0.15) is 5.10 Å². The molecule has 1 unspecified atom stereocenters. The van der Waals surface area contributed by atoms with Crippen LogP contribution in [-0.4, -0.2) is 41.5 Å². The first-order valence-corrected chi connectivity index (χ1v) is 11.0. The van der Waals surface area contributed by atoms with Crippen molar-refractivity contribution in [2.24, 2.45) is 5.10 Å². The van der Waals surface area contributed by atoms with Crippen molar-refractivity contribution in [1.29, 1.82) is 0 Å². The molecule has 7 heteroatoms. The third-order valence-corrected chi connectivity index (χ3v) is 7.02. The van der Waals surface area contributed by atoms with Crippen LogP contribution in [-0.2, 0) is 16.1 Å². The Bertz CT molecular complexity index is 994. The van der Waals surface area contributed by atoms with Gasteiger partial charge in [0.1, 0.15) is 21.5 Å². The Labute approximate surface area is 179 Å². The summed E-state index contributed by atoms with van der Waals surface area (Å²) in [5, 5.41) is 6.48. The lowest BCUT2D eigenvalue weighted by Gasteiger charge is -2.40. The normalized spacial score (nSPS) is 20.6. The predicted molar refractivity (Wildman–Crippen MR) is 116 cm³/mol. The van der Waals surface area contributed by atoms with Gasteiger partial charge in [0.15, 0.2) is 0 Å². The lowest BCUT2D eigenvalue weighted by molar-refractivity contribution is -0.135. The molecule has 1 heterocycles. The molecule has 1 atom stereocenters. The molecule has 1 aliphatic heterocycles. The van der Waals surface area contributed by atoms with Gasteiger partial charge in [-0.15, -0.1) is 0 Å². The molecule has 0 saturated heterocycles. The van der Waals surface area contributed by atoms with Gasteiger partial charge in [0.2, 0.25) is 5.91 Å². The summed E-state index contributed by atoms with van der Waals surface area (Å²) in [6.07, 6.45) is 3.62. The lowest BCUT2D eigenvalue weighted by Crippen LogP contribution is -2.43. The van der Waals surface area contributed by atoms with Crippen LogP contribution in [0.4, 0.5) is 8.78 Å². The van der Waals surface area contributed by atoms with E-state index in [-0.39, 0.29) is 11.5 Å². The van der Waals surface area contributed by atoms with Crippen molar-refractivity contribution < 1.29 is 13.6 Å². The van der Waals surface area contributed by atoms with Crippen molar-refractivity contribution >= 4 is 22.7 Å². The number of fused-ring (bicyclic) bond motifs is 2. The number of carbonyl (C=O) groups is 1. The minimum Gasteiger partial charge on any atom is -0.309 e. The largest absolute Gasteiger partial charge is 0.309 e. The van der Waals surface area contributed by atoms with Crippen molar-refractivity contribution in [3.63, 3.8) is 0 Å². The Balaban J connectivity index is 1.74. The highest BCUT2D eigenvalue weighted by atomic mass is 32.2. The summed E-state index contributed by atoms with van der Waals surface area (Å²) in [5.74, 6) is -1.15. The standard InChI is InChI=1S/C23H25F2N3OS/c1-27(2)14-6-10-21(29)28-23(13-5-8-16-7-3-4-9-19(16)23)30-22(26-28)18-15-17(24)11-12-20(18)25/h3-4,7,9,11-12,15H,5-6,8,10,13-14H2,1-2H3. The summed E-state index contributed by atoms with van der Waals surface area (Å²) in [5.41, 5.74) is 2.32. The van der Waals surface area contributed by atoms with Crippen molar-refractivity contribution in [1.82, 2.24) is 9.91 Å². The maximum atomic E-state index is 14.5. The van der Waals surface area contributed by atoms with Gasteiger partial charge in [-0.05, 0) is 75.6 Å². The van der Waals surface area contributed by atoms with Gasteiger partial charge in [-0.25, -0.2) is 13.8 Å². The topological polar surface area (TPSA) is 35.9 Å². The Morgan fingerprint density at radius 2 is 2.03 bits per heavy atom. The Morgan fingerprint density at radius 1 is 1.23 bits per heavy atom. The zero-order valence-corrected chi connectivity index (χ0v) is 18.0. The summed E-state index contributed by atoms with van der Waals surface area (Å²) >= 11 is 1.37. The first-order chi connectivity index (χ1) is 14.4. The first kappa shape index (κ1) is 21.0. The molecule has 0 fully saturated rings. The molecule has 4 nitrogen and oxygen atoms in total. The molecule has 2 aliphatic rings. The van der Waals surface area contributed by atoms with E-state index < -0.39 is 16.5 Å². The summed E-state index contributed by atoms with van der Waals surface area (Å²) in [6.45, 7) is 0.797. The van der Waals surface area contributed by atoms with E-state index in [1.54, 1.807) is 5.01 Å². The molecule has 1 aliphatic carbocycles. The summed E-state index contributed by atoms with van der Waals surface area (Å²) in [7, 11) is 3.94. The highest BCUT2D eigenvalue weighted by Gasteiger charge is 2.50. The molecule has 2 aromatic rings. The minimum absolute atomic E-state index is 0.0899. The van der Waals surface area contributed by atoms with Crippen LogP contribution in [0.15, 0.2) is 47.6 Å². The number of hydrazone groups is 1. The van der Waals surface area contributed by atoms with Crippen molar-refractivity contribution in [3.8, 4) is 0 Å². The molecule has 0 bridgehead atoms. The molecule has 158 valence electrons. The maximum absolute atomic E-state index is 14.5. The number of hydrogen-bond donors (Lipinski definition) is 0. The van der Waals surface area contributed by atoms with E-state index in [0.29, 0.717) is 17.9 Å². The van der Waals surface area contributed by atoms with Gasteiger partial charge in [0.05, 0.1) is 0 Å². The third kappa shape index (κ3) is 3.88. The van der Waals surface area contributed by atoms with Crippen LogP contribution in [0, 0.1) is 11.6 Å². The van der Waals surface area contributed by atoms with E-state index in [9.17, 15) is 13.6 Å². The van der Waals surface area contributed by atoms with Gasteiger partial charge in [-0.3, -0.25) is 4.79 Å². The second-order valence-corrected chi connectivity index (χ2v) is 9.31. The van der Waals surface area contributed by atoms with E-state index >= 15 is 0 Å². The van der Waals surface area contributed by atoms with Gasteiger partial charge < -0.3 is 4.90 Å². The number of hydrogen-bond acceptors (Lipinski definition) is 4. The fourth-order valence-electron chi connectivity index (χ4n) is 4.17. The van der Waals surface area contributed by atoms with Gasteiger partial charge >= 0.3 is 0 Å². The fourth-order valence-corrected chi connectivity index (χ4v) is 5.67. The number of benzene rings is 2. The molecule has 0 saturated carbocycles. The van der Waals surface area contributed by atoms with Crippen LogP contribution in [0.2, 0.25) is 0 Å². The number of rotatable bonds is 5. The van der Waals surface area contributed by atoms with Crippen molar-refractivity contribution in [2.75, 3.05) is 20.6 Å². The highest BCUT2D eigenvalue weighted by molar-refractivity contribution is 8.15. The average molecular weight is 430 g/mol. The summed E-state index contributed by atoms with van der Waals surface area (Å²) in [4.78, 5) is 14.6. The second-order valence-electron chi connectivity index (χ2n) is 8.04. The highest BCUT2D eigenvalue weighted by Crippen LogP contribution is 2.53. The van der Waals surface area contributed by atoms with Gasteiger partial charge in [0.25, 0.3) is 0 Å². The number of thioether (sulfide) groups is 1. The average Bonchev–Trinajstić information content (AvgIpc) is 3.09. The van der Waals surface area contributed by atoms with Crippen LogP contribution in [0.1, 0.15) is 42.4 Å². The Kier molecular flexibility index (Phi) is 5.93. The van der Waals surface area contributed by atoms with E-state index in [0.717, 1.165) is 49.6 Å². The summed E-state index contributed by atoms with van der Waals surface area (Å²) in [6, 6.07) is 11.4. The van der Waals surface area contributed by atoms with Crippen molar-refractivity contribution in [3.05, 3.63) is 70.8 Å². The van der Waals surface area contributed by atoms with E-state index in [4.69, 9.17) is 0 Å². The smallest absolute Gasteiger partial charge is 0.244 e. The first-order valence-electron chi connectivity index (χ1n) is 10.2. The zero-order valence-electron chi connectivity index (χ0n) is 17.2. The number of nitrogens with zero attached hydrogens (tertiary/aromatic N) is 3. The minimum atomic E-state index is -0.710. The second kappa shape index (κ2) is 8.47. The van der Waals surface area contributed by atoms with Crippen LogP contribution in [0.5, 0.6) is 0 Å². The fraction of sp³-hybridized carbons (Fsp3) is 0.391. The Morgan fingerprint density at radius 3 is 2.83 bits per heavy atom. The lowest BCUT2D eigenvalue weighted by atomic mass is 9.86. The maximum Gasteiger partial charge on any atom is 0.244 e. The van der Waals surface area contributed by atoms with Crippen LogP contribution < -0.4 is 0 Å². The summed E-state index contributed by atoms with van der Waals surface area (Å²) < 4.78 is 28.4. The predicted octanol–water partition coefficient (Wildman–Crippen LogP) is 4.73. The molecular weight excluding hydrogens is 404 g/mol. The molecule has 0 radical (unpaired) electrons. The molecule has 0 aromatic heterocycles. The van der Waals surface area contributed by atoms with Crippen LogP contribution in [0.3, 0.4) is 0 Å². The monoisotopic (exact) mass is 429 g/mol. The van der Waals surface area contributed by atoms with E-state index in [1.807, 2.05) is 37.2 Å². The van der Waals surface area contributed by atoms with Crippen molar-refractivity contribution in [2.45, 2.75) is 37.0 Å². The van der Waals surface area contributed by atoms with Crippen LogP contribution in [0.25, 0.3) is 0 Å². The third-order valence-electron chi connectivity index (χ3n) is 5.59. The number of carbonyl (C=O) groups excluding carboxylic acids is 1. The molecule has 1 spiro atoms.